The summed E-state index contributed by atoms with van der Waals surface area (Å²) in [6, 6.07) is 0. The summed E-state index contributed by atoms with van der Waals surface area (Å²) >= 11 is 0. The number of likely N-dealkylation sites (N-methyl/N-ethyl adjacent to an activating group) is 2. The average molecular weight is 278 g/mol. The zero-order valence-corrected chi connectivity index (χ0v) is 14.1. The van der Waals surface area contributed by atoms with Crippen LogP contribution in [0, 0.1) is 0 Å². The number of unbranched alkanes of at least 4 members (excludes halogenated alkanes) is 1. The first-order valence-electron chi connectivity index (χ1n) is 7.74. The first-order valence-corrected chi connectivity index (χ1v) is 7.74. The van der Waals surface area contributed by atoms with Gasteiger partial charge in [0, 0.05) is 13.1 Å². The molecule has 2 nitrogen and oxygen atoms in total. The second kappa shape index (κ2) is 11.9. The largest absolute Gasteiger partial charge is 0.308 e. The van der Waals surface area contributed by atoms with E-state index >= 15 is 0 Å². The number of allylic oxidation sites excluding steroid dienone is 4. The molecule has 0 heterocycles. The molecule has 0 saturated carbocycles. The van der Waals surface area contributed by atoms with Crippen LogP contribution in [0.25, 0.3) is 0 Å². The van der Waals surface area contributed by atoms with Crippen LogP contribution in [-0.4, -0.2) is 50.6 Å². The number of rotatable bonds is 12. The zero-order chi connectivity index (χ0) is 15.4. The summed E-state index contributed by atoms with van der Waals surface area (Å²) in [5.74, 6) is 0. The Bertz CT molecular complexity index is 303. The monoisotopic (exact) mass is 278 g/mol. The molecule has 0 aliphatic rings. The van der Waals surface area contributed by atoms with Crippen LogP contribution in [0.3, 0.4) is 0 Å². The smallest absolute Gasteiger partial charge is 0.0106 e. The summed E-state index contributed by atoms with van der Waals surface area (Å²) in [6.07, 6.45) is 10.1. The van der Waals surface area contributed by atoms with E-state index in [0.29, 0.717) is 0 Å². The van der Waals surface area contributed by atoms with Gasteiger partial charge in [0.2, 0.25) is 0 Å². The molecular formula is C18H34N2. The van der Waals surface area contributed by atoms with E-state index in [0.717, 1.165) is 31.5 Å². The Balaban J connectivity index is 3.60. The minimum atomic E-state index is 1.04. The molecule has 0 N–H and O–H groups in total. The minimum Gasteiger partial charge on any atom is -0.308 e. The summed E-state index contributed by atoms with van der Waals surface area (Å²) in [6.45, 7) is 13.4. The molecule has 0 rings (SSSR count). The van der Waals surface area contributed by atoms with Crippen molar-refractivity contribution in [2.24, 2.45) is 0 Å². The van der Waals surface area contributed by atoms with E-state index in [4.69, 9.17) is 0 Å². The van der Waals surface area contributed by atoms with Crippen molar-refractivity contribution in [2.45, 2.75) is 39.0 Å². The van der Waals surface area contributed by atoms with Gasteiger partial charge in [0.25, 0.3) is 0 Å². The van der Waals surface area contributed by atoms with Crippen LogP contribution >= 0.6 is 0 Å². The normalized spacial score (nSPS) is 12.2. The maximum absolute atomic E-state index is 3.94. The van der Waals surface area contributed by atoms with Crippen molar-refractivity contribution < 1.29 is 0 Å². The number of hydrogen-bond acceptors (Lipinski definition) is 2. The van der Waals surface area contributed by atoms with Gasteiger partial charge in [-0.15, -0.1) is 0 Å². The lowest BCUT2D eigenvalue weighted by atomic mass is 10.1. The second-order valence-electron chi connectivity index (χ2n) is 6.02. The van der Waals surface area contributed by atoms with Gasteiger partial charge in [0.15, 0.2) is 0 Å². The van der Waals surface area contributed by atoms with Gasteiger partial charge >= 0.3 is 0 Å². The molecule has 0 bridgehead atoms. The first kappa shape index (κ1) is 19.1. The highest BCUT2D eigenvalue weighted by atomic mass is 15.1. The molecule has 0 aromatic carbocycles. The molecule has 0 spiro atoms. The van der Waals surface area contributed by atoms with E-state index in [1.165, 1.54) is 31.4 Å². The summed E-state index contributed by atoms with van der Waals surface area (Å²) in [5, 5.41) is 0. The minimum absolute atomic E-state index is 1.04. The van der Waals surface area contributed by atoms with Crippen molar-refractivity contribution in [3.8, 4) is 0 Å². The quantitative estimate of drug-likeness (QED) is 0.301. The van der Waals surface area contributed by atoms with Crippen LogP contribution in [0.4, 0.5) is 0 Å². The predicted molar refractivity (Wildman–Crippen MR) is 92.2 cm³/mol. The van der Waals surface area contributed by atoms with E-state index in [2.05, 4.69) is 57.1 Å². The standard InChI is InChI=1S/C18H34N2/c1-7-17(2)12-10-13-18(3)11-8-9-14-20(6)16-15-19(4)5/h7,13H,1-2,8-12,14-16H2,3-6H3/b18-13+. The molecule has 0 amide bonds. The molecular weight excluding hydrogens is 244 g/mol. The Morgan fingerprint density at radius 1 is 1.00 bits per heavy atom. The van der Waals surface area contributed by atoms with Gasteiger partial charge < -0.3 is 9.80 Å². The van der Waals surface area contributed by atoms with E-state index in [1.54, 1.807) is 0 Å². The lowest BCUT2D eigenvalue weighted by Crippen LogP contribution is -2.29. The molecule has 0 aromatic heterocycles. The van der Waals surface area contributed by atoms with E-state index in [-0.39, 0.29) is 0 Å². The second-order valence-corrected chi connectivity index (χ2v) is 6.02. The lowest BCUT2D eigenvalue weighted by Gasteiger charge is -2.19. The van der Waals surface area contributed by atoms with Gasteiger partial charge in [-0.3, -0.25) is 0 Å². The molecule has 0 aliphatic heterocycles. The summed E-state index contributed by atoms with van der Waals surface area (Å²) in [4.78, 5) is 4.66. The van der Waals surface area contributed by atoms with Gasteiger partial charge in [0.1, 0.15) is 0 Å². The lowest BCUT2D eigenvalue weighted by molar-refractivity contribution is 0.278. The van der Waals surface area contributed by atoms with Gasteiger partial charge in [-0.1, -0.05) is 36.5 Å². The van der Waals surface area contributed by atoms with Crippen molar-refractivity contribution in [3.63, 3.8) is 0 Å². The maximum atomic E-state index is 3.94. The van der Waals surface area contributed by atoms with Gasteiger partial charge in [-0.2, -0.15) is 0 Å². The molecule has 0 atom stereocenters. The highest BCUT2D eigenvalue weighted by Gasteiger charge is 1.99. The molecule has 0 aromatic rings. The van der Waals surface area contributed by atoms with Crippen molar-refractivity contribution in [2.75, 3.05) is 40.8 Å². The Hall–Kier alpha value is -0.860. The molecule has 20 heavy (non-hydrogen) atoms. The van der Waals surface area contributed by atoms with Crippen molar-refractivity contribution in [1.29, 1.82) is 0 Å². The summed E-state index contributed by atoms with van der Waals surface area (Å²) in [5.41, 5.74) is 2.65. The maximum Gasteiger partial charge on any atom is 0.0106 e. The Kier molecular flexibility index (Phi) is 11.4. The number of hydrogen-bond donors (Lipinski definition) is 0. The highest BCUT2D eigenvalue weighted by molar-refractivity contribution is 5.12. The van der Waals surface area contributed by atoms with E-state index in [9.17, 15) is 0 Å². The highest BCUT2D eigenvalue weighted by Crippen LogP contribution is 2.11. The molecule has 0 unspecified atom stereocenters. The van der Waals surface area contributed by atoms with E-state index < -0.39 is 0 Å². The topological polar surface area (TPSA) is 6.48 Å². The van der Waals surface area contributed by atoms with Crippen LogP contribution in [0.5, 0.6) is 0 Å². The molecule has 0 saturated heterocycles. The Morgan fingerprint density at radius 2 is 1.70 bits per heavy atom. The zero-order valence-electron chi connectivity index (χ0n) is 14.1. The fraction of sp³-hybridized carbons (Fsp3) is 0.667. The first-order chi connectivity index (χ1) is 9.45. The van der Waals surface area contributed by atoms with Crippen LogP contribution in [-0.2, 0) is 0 Å². The van der Waals surface area contributed by atoms with Crippen molar-refractivity contribution >= 4 is 0 Å². The molecule has 0 aliphatic carbocycles. The molecule has 0 fully saturated rings. The van der Waals surface area contributed by atoms with Gasteiger partial charge in [-0.05, 0) is 66.7 Å². The molecule has 0 radical (unpaired) electrons. The Labute approximate surface area is 126 Å². The predicted octanol–water partition coefficient (Wildman–Crippen LogP) is 4.12. The Morgan fingerprint density at radius 3 is 2.30 bits per heavy atom. The van der Waals surface area contributed by atoms with E-state index in [1.807, 2.05) is 6.08 Å². The third-order valence-corrected chi connectivity index (χ3v) is 3.54. The fourth-order valence-electron chi connectivity index (χ4n) is 1.98. The summed E-state index contributed by atoms with van der Waals surface area (Å²) < 4.78 is 0. The third-order valence-electron chi connectivity index (χ3n) is 3.54. The molecule has 116 valence electrons. The SMILES string of the molecule is C=CC(=C)CC/C=C(\C)CCCCN(C)CCN(C)C. The summed E-state index contributed by atoms with van der Waals surface area (Å²) in [7, 11) is 6.47. The fourth-order valence-corrected chi connectivity index (χ4v) is 1.98. The number of nitrogens with zero attached hydrogens (tertiary/aromatic N) is 2. The van der Waals surface area contributed by atoms with Crippen LogP contribution in [0.2, 0.25) is 0 Å². The average Bonchev–Trinajstić information content (AvgIpc) is 2.41. The van der Waals surface area contributed by atoms with Crippen LogP contribution in [0.15, 0.2) is 36.5 Å². The van der Waals surface area contributed by atoms with Crippen LogP contribution in [0.1, 0.15) is 39.0 Å². The van der Waals surface area contributed by atoms with Gasteiger partial charge in [-0.25, -0.2) is 0 Å². The van der Waals surface area contributed by atoms with Crippen LogP contribution < -0.4 is 0 Å². The van der Waals surface area contributed by atoms with Crippen molar-refractivity contribution in [1.82, 2.24) is 9.80 Å². The third kappa shape index (κ3) is 12.2. The van der Waals surface area contributed by atoms with Gasteiger partial charge in [0.05, 0.1) is 0 Å². The molecule has 2 heteroatoms. The van der Waals surface area contributed by atoms with Crippen molar-refractivity contribution in [3.05, 3.63) is 36.5 Å².